The molecule has 0 aliphatic carbocycles. The molecule has 22 heavy (non-hydrogen) atoms. The number of nitrogens with two attached hydrogens (primary N) is 1. The van der Waals surface area contributed by atoms with Gasteiger partial charge in [0.05, 0.1) is 6.54 Å². The zero-order valence-electron chi connectivity index (χ0n) is 12.9. The number of nitrogens with one attached hydrogen (secondary N) is 1. The van der Waals surface area contributed by atoms with E-state index in [4.69, 9.17) is 5.73 Å². The van der Waals surface area contributed by atoms with E-state index in [2.05, 4.69) is 54.5 Å². The van der Waals surface area contributed by atoms with E-state index in [1.165, 1.54) is 11.1 Å². The Labute approximate surface area is 149 Å². The van der Waals surface area contributed by atoms with Gasteiger partial charge < -0.3 is 11.1 Å². The van der Waals surface area contributed by atoms with E-state index < -0.39 is 0 Å². The SMILES string of the molecule is Cc1cc(C)cc(NC(N)=NCC=Cc2ccccc2)c1.I. The van der Waals surface area contributed by atoms with E-state index in [0.717, 1.165) is 11.3 Å². The summed E-state index contributed by atoms with van der Waals surface area (Å²) in [7, 11) is 0. The molecule has 3 nitrogen and oxygen atoms in total. The van der Waals surface area contributed by atoms with Crippen LogP contribution in [0.5, 0.6) is 0 Å². The van der Waals surface area contributed by atoms with Crippen LogP contribution >= 0.6 is 24.0 Å². The lowest BCUT2D eigenvalue weighted by atomic mass is 10.1. The highest BCUT2D eigenvalue weighted by Gasteiger charge is 1.96. The molecule has 2 aromatic carbocycles. The van der Waals surface area contributed by atoms with Crippen LogP contribution in [-0.2, 0) is 0 Å². The Morgan fingerprint density at radius 3 is 2.36 bits per heavy atom. The van der Waals surface area contributed by atoms with Gasteiger partial charge in [0.15, 0.2) is 5.96 Å². The van der Waals surface area contributed by atoms with Crippen molar-refractivity contribution >= 4 is 41.7 Å². The van der Waals surface area contributed by atoms with Gasteiger partial charge in [-0.3, -0.25) is 0 Å². The molecule has 3 N–H and O–H groups in total. The van der Waals surface area contributed by atoms with Gasteiger partial charge in [-0.1, -0.05) is 48.6 Å². The average Bonchev–Trinajstić information content (AvgIpc) is 2.43. The Morgan fingerprint density at radius 2 is 1.73 bits per heavy atom. The van der Waals surface area contributed by atoms with Gasteiger partial charge >= 0.3 is 0 Å². The number of anilines is 1. The molecule has 4 heteroatoms. The first-order chi connectivity index (χ1) is 10.1. The molecule has 0 aliphatic heterocycles. The molecule has 0 spiro atoms. The van der Waals surface area contributed by atoms with Crippen molar-refractivity contribution in [1.82, 2.24) is 0 Å². The third-order valence-corrected chi connectivity index (χ3v) is 2.97. The monoisotopic (exact) mass is 407 g/mol. The Bertz CT molecular complexity index is 628. The van der Waals surface area contributed by atoms with Crippen LogP contribution in [0.4, 0.5) is 5.69 Å². The highest BCUT2D eigenvalue weighted by molar-refractivity contribution is 14.0. The predicted octanol–water partition coefficient (Wildman–Crippen LogP) is 4.36. The van der Waals surface area contributed by atoms with Gasteiger partial charge in [0.25, 0.3) is 0 Å². The van der Waals surface area contributed by atoms with Crippen LogP contribution in [0.2, 0.25) is 0 Å². The molecule has 0 bridgehead atoms. The maximum atomic E-state index is 5.89. The van der Waals surface area contributed by atoms with Crippen molar-refractivity contribution in [2.24, 2.45) is 10.7 Å². The first-order valence-corrected chi connectivity index (χ1v) is 7.00. The molecule has 0 aromatic heterocycles. The topological polar surface area (TPSA) is 50.4 Å². The van der Waals surface area contributed by atoms with Crippen molar-refractivity contribution in [2.75, 3.05) is 11.9 Å². The summed E-state index contributed by atoms with van der Waals surface area (Å²) in [5, 5.41) is 3.12. The molecule has 0 saturated heterocycles. The minimum Gasteiger partial charge on any atom is -0.370 e. The fourth-order valence-electron chi connectivity index (χ4n) is 2.14. The molecule has 116 valence electrons. The van der Waals surface area contributed by atoms with Crippen LogP contribution in [0.15, 0.2) is 59.6 Å². The second-order valence-corrected chi connectivity index (χ2v) is 5.04. The molecule has 0 radical (unpaired) electrons. The van der Waals surface area contributed by atoms with Crippen molar-refractivity contribution in [1.29, 1.82) is 0 Å². The Morgan fingerprint density at radius 1 is 1.09 bits per heavy atom. The Kier molecular flexibility index (Phi) is 7.66. The van der Waals surface area contributed by atoms with Crippen molar-refractivity contribution in [3.63, 3.8) is 0 Å². The standard InChI is InChI=1S/C18H21N3.HI/c1-14-11-15(2)13-17(12-14)21-18(19)20-10-6-9-16-7-4-3-5-8-16;/h3-9,11-13H,10H2,1-2H3,(H3,19,20,21);1H. The third kappa shape index (κ3) is 6.30. The van der Waals surface area contributed by atoms with Crippen molar-refractivity contribution in [3.8, 4) is 0 Å². The smallest absolute Gasteiger partial charge is 0.193 e. The zero-order chi connectivity index (χ0) is 15.1. The fourth-order valence-corrected chi connectivity index (χ4v) is 2.14. The summed E-state index contributed by atoms with van der Waals surface area (Å²) >= 11 is 0. The molecule has 2 rings (SSSR count). The summed E-state index contributed by atoms with van der Waals surface area (Å²) in [6.45, 7) is 4.68. The summed E-state index contributed by atoms with van der Waals surface area (Å²) in [5.41, 5.74) is 10.4. The molecule has 0 amide bonds. The molecule has 0 unspecified atom stereocenters. The summed E-state index contributed by atoms with van der Waals surface area (Å²) in [6, 6.07) is 16.4. The highest BCUT2D eigenvalue weighted by Crippen LogP contribution is 2.13. The molecule has 0 aliphatic rings. The van der Waals surface area contributed by atoms with Crippen LogP contribution in [0.3, 0.4) is 0 Å². The number of rotatable bonds is 4. The lowest BCUT2D eigenvalue weighted by Gasteiger charge is -2.07. The van der Waals surface area contributed by atoms with Crippen LogP contribution in [0, 0.1) is 13.8 Å². The average molecular weight is 407 g/mol. The first-order valence-electron chi connectivity index (χ1n) is 7.00. The first kappa shape index (κ1) is 18.2. The number of aryl methyl sites for hydroxylation is 2. The second kappa shape index (κ2) is 9.25. The van der Waals surface area contributed by atoms with E-state index in [-0.39, 0.29) is 24.0 Å². The van der Waals surface area contributed by atoms with E-state index in [1.807, 2.05) is 30.4 Å². The summed E-state index contributed by atoms with van der Waals surface area (Å²) < 4.78 is 0. The van der Waals surface area contributed by atoms with E-state index >= 15 is 0 Å². The van der Waals surface area contributed by atoms with Crippen molar-refractivity contribution in [2.45, 2.75) is 13.8 Å². The fraction of sp³-hybridized carbons (Fsp3) is 0.167. The predicted molar refractivity (Wildman–Crippen MR) is 107 cm³/mol. The third-order valence-electron chi connectivity index (χ3n) is 2.97. The zero-order valence-corrected chi connectivity index (χ0v) is 15.2. The molecular formula is C18H22IN3. The van der Waals surface area contributed by atoms with Crippen molar-refractivity contribution in [3.05, 3.63) is 71.3 Å². The molecular weight excluding hydrogens is 385 g/mol. The number of hydrogen-bond donors (Lipinski definition) is 2. The van der Waals surface area contributed by atoms with Gasteiger partial charge in [0.2, 0.25) is 0 Å². The number of benzene rings is 2. The molecule has 0 saturated carbocycles. The number of hydrogen-bond acceptors (Lipinski definition) is 1. The lowest BCUT2D eigenvalue weighted by Crippen LogP contribution is -2.22. The number of aliphatic imine (C=N–C) groups is 1. The van der Waals surface area contributed by atoms with Gasteiger partial charge in [-0.05, 0) is 42.7 Å². The molecule has 0 atom stereocenters. The highest BCUT2D eigenvalue weighted by atomic mass is 127. The van der Waals surface area contributed by atoms with Gasteiger partial charge in [0.1, 0.15) is 0 Å². The quantitative estimate of drug-likeness (QED) is 0.450. The van der Waals surface area contributed by atoms with Gasteiger partial charge in [-0.2, -0.15) is 0 Å². The molecule has 0 fully saturated rings. The van der Waals surface area contributed by atoms with Crippen LogP contribution in [0.25, 0.3) is 6.08 Å². The maximum absolute atomic E-state index is 5.89. The number of halogens is 1. The van der Waals surface area contributed by atoms with Crippen LogP contribution in [-0.4, -0.2) is 12.5 Å². The van der Waals surface area contributed by atoms with Crippen LogP contribution < -0.4 is 11.1 Å². The molecule has 0 heterocycles. The van der Waals surface area contributed by atoms with E-state index in [0.29, 0.717) is 12.5 Å². The number of guanidine groups is 1. The summed E-state index contributed by atoms with van der Waals surface area (Å²) in [4.78, 5) is 4.29. The van der Waals surface area contributed by atoms with Crippen LogP contribution in [0.1, 0.15) is 16.7 Å². The van der Waals surface area contributed by atoms with Gasteiger partial charge in [0, 0.05) is 5.69 Å². The van der Waals surface area contributed by atoms with Crippen molar-refractivity contribution < 1.29 is 0 Å². The maximum Gasteiger partial charge on any atom is 0.193 e. The normalized spacial score (nSPS) is 11.3. The minimum absolute atomic E-state index is 0. The van der Waals surface area contributed by atoms with Gasteiger partial charge in [-0.25, -0.2) is 4.99 Å². The second-order valence-electron chi connectivity index (χ2n) is 5.04. The van der Waals surface area contributed by atoms with E-state index in [9.17, 15) is 0 Å². The van der Waals surface area contributed by atoms with E-state index in [1.54, 1.807) is 0 Å². The molecule has 2 aromatic rings. The summed E-state index contributed by atoms with van der Waals surface area (Å²) in [5.74, 6) is 0.428. The Hall–Kier alpha value is -1.82. The number of nitrogens with zero attached hydrogens (tertiary/aromatic N) is 1. The lowest BCUT2D eigenvalue weighted by molar-refractivity contribution is 1.23. The Balaban J connectivity index is 0.00000242. The van der Waals surface area contributed by atoms with Gasteiger partial charge in [-0.15, -0.1) is 24.0 Å². The minimum atomic E-state index is 0. The largest absolute Gasteiger partial charge is 0.370 e. The summed E-state index contributed by atoms with van der Waals surface area (Å²) in [6.07, 6.45) is 4.03.